The second-order valence-electron chi connectivity index (χ2n) is 8.14. The number of nitrogens with one attached hydrogen (secondary N) is 1. The van der Waals surface area contributed by atoms with Crippen molar-refractivity contribution in [3.8, 4) is 11.8 Å². The first kappa shape index (κ1) is 21.8. The second kappa shape index (κ2) is 9.77. The number of nitrogen functional groups attached to an aromatic ring is 1. The van der Waals surface area contributed by atoms with Gasteiger partial charge in [0.1, 0.15) is 11.3 Å². The summed E-state index contributed by atoms with van der Waals surface area (Å²) in [4.78, 5) is 25.9. The van der Waals surface area contributed by atoms with E-state index in [-0.39, 0.29) is 5.91 Å². The number of carbonyl (C=O) groups excluding carboxylic acids is 1. The van der Waals surface area contributed by atoms with E-state index < -0.39 is 0 Å². The number of carbonyl (C=O) groups is 1. The molecule has 1 fully saturated rings. The van der Waals surface area contributed by atoms with Crippen LogP contribution in [0.1, 0.15) is 27.0 Å². The largest absolute Gasteiger partial charge is 0.382 e. The van der Waals surface area contributed by atoms with Crippen molar-refractivity contribution < 1.29 is 4.79 Å². The Hall–Kier alpha value is -3.47. The molecule has 3 heterocycles. The van der Waals surface area contributed by atoms with Gasteiger partial charge in [0, 0.05) is 68.2 Å². The van der Waals surface area contributed by atoms with Gasteiger partial charge in [-0.1, -0.05) is 17.9 Å². The smallest absolute Gasteiger partial charge is 0.251 e. The Labute approximate surface area is 188 Å². The molecule has 3 aromatic rings. The van der Waals surface area contributed by atoms with E-state index in [9.17, 15) is 4.79 Å². The van der Waals surface area contributed by atoms with Crippen LogP contribution in [0.5, 0.6) is 0 Å². The van der Waals surface area contributed by atoms with Gasteiger partial charge in [-0.3, -0.25) is 14.7 Å². The molecular formula is C25H28N6O. The number of anilines is 1. The van der Waals surface area contributed by atoms with Crippen LogP contribution in [0.25, 0.3) is 10.9 Å². The Kier molecular flexibility index (Phi) is 6.64. The summed E-state index contributed by atoms with van der Waals surface area (Å²) in [6.45, 7) is 7.71. The molecule has 4 rings (SSSR count). The molecule has 1 aliphatic rings. The molecule has 0 unspecified atom stereocenters. The van der Waals surface area contributed by atoms with E-state index in [4.69, 9.17) is 5.73 Å². The van der Waals surface area contributed by atoms with Crippen molar-refractivity contribution >= 4 is 22.6 Å². The summed E-state index contributed by atoms with van der Waals surface area (Å²) in [6, 6.07) is 9.40. The van der Waals surface area contributed by atoms with Gasteiger partial charge in [-0.25, -0.2) is 4.98 Å². The highest BCUT2D eigenvalue weighted by atomic mass is 16.1. The molecule has 1 saturated heterocycles. The zero-order valence-corrected chi connectivity index (χ0v) is 18.6. The Balaban J connectivity index is 1.46. The summed E-state index contributed by atoms with van der Waals surface area (Å²) < 4.78 is 0. The van der Waals surface area contributed by atoms with Crippen molar-refractivity contribution in [3.63, 3.8) is 0 Å². The van der Waals surface area contributed by atoms with Crippen molar-refractivity contribution in [3.05, 3.63) is 65.0 Å². The lowest BCUT2D eigenvalue weighted by molar-refractivity contribution is 0.0941. The highest BCUT2D eigenvalue weighted by Crippen LogP contribution is 2.19. The number of fused-ring (bicyclic) bond motifs is 1. The molecule has 0 spiro atoms. The minimum absolute atomic E-state index is 0.0778. The standard InChI is InChI=1S/C25H28N6O/c1-18-5-6-20(25(32)28-10-11-31-14-12-30(2)13-15-31)16-19(18)7-8-21-17-29-24(26)23-22(21)4-3-9-27-23/h3-6,9,16-17H,10-15H2,1-2H3,(H2,26,29)(H,28,32). The molecule has 1 amide bonds. The fourth-order valence-corrected chi connectivity index (χ4v) is 3.72. The normalized spacial score (nSPS) is 14.7. The predicted molar refractivity (Wildman–Crippen MR) is 127 cm³/mol. The van der Waals surface area contributed by atoms with Crippen LogP contribution < -0.4 is 11.1 Å². The number of piperazine rings is 1. The molecule has 0 radical (unpaired) electrons. The maximum absolute atomic E-state index is 12.7. The third-order valence-corrected chi connectivity index (χ3v) is 5.81. The second-order valence-corrected chi connectivity index (χ2v) is 8.14. The van der Waals surface area contributed by atoms with Crippen LogP contribution in [-0.4, -0.2) is 72.0 Å². The van der Waals surface area contributed by atoms with Crippen molar-refractivity contribution in [2.45, 2.75) is 6.92 Å². The molecule has 1 aromatic carbocycles. The lowest BCUT2D eigenvalue weighted by atomic mass is 10.0. The summed E-state index contributed by atoms with van der Waals surface area (Å²) in [6.07, 6.45) is 3.35. The van der Waals surface area contributed by atoms with Crippen molar-refractivity contribution in [1.29, 1.82) is 0 Å². The summed E-state index contributed by atoms with van der Waals surface area (Å²) in [7, 11) is 2.14. The molecule has 0 bridgehead atoms. The number of amides is 1. The molecule has 164 valence electrons. The SMILES string of the molecule is Cc1ccc(C(=O)NCCN2CCN(C)CC2)cc1C#Cc1cnc(N)c2ncccc12. The fraction of sp³-hybridized carbons (Fsp3) is 0.320. The molecule has 32 heavy (non-hydrogen) atoms. The molecule has 7 nitrogen and oxygen atoms in total. The monoisotopic (exact) mass is 428 g/mol. The molecule has 0 aliphatic carbocycles. The van der Waals surface area contributed by atoms with Gasteiger partial charge in [0.2, 0.25) is 0 Å². The van der Waals surface area contributed by atoms with Crippen molar-refractivity contribution in [2.75, 3.05) is 52.0 Å². The van der Waals surface area contributed by atoms with E-state index in [2.05, 4.69) is 44.0 Å². The minimum Gasteiger partial charge on any atom is -0.382 e. The lowest BCUT2D eigenvalue weighted by Crippen LogP contribution is -2.46. The number of pyridine rings is 2. The van der Waals surface area contributed by atoms with Crippen molar-refractivity contribution in [2.24, 2.45) is 0 Å². The number of nitrogens with zero attached hydrogens (tertiary/aromatic N) is 4. The van der Waals surface area contributed by atoms with Gasteiger partial charge in [0.25, 0.3) is 5.91 Å². The maximum atomic E-state index is 12.7. The molecule has 0 saturated carbocycles. The quantitative estimate of drug-likeness (QED) is 0.617. The van der Waals surface area contributed by atoms with Crippen molar-refractivity contribution in [1.82, 2.24) is 25.1 Å². The fourth-order valence-electron chi connectivity index (χ4n) is 3.72. The average Bonchev–Trinajstić information content (AvgIpc) is 2.81. The van der Waals surface area contributed by atoms with Gasteiger partial charge in [-0.2, -0.15) is 0 Å². The summed E-state index contributed by atoms with van der Waals surface area (Å²) in [5.41, 5.74) is 9.76. The predicted octanol–water partition coefficient (Wildman–Crippen LogP) is 1.90. The highest BCUT2D eigenvalue weighted by Gasteiger charge is 2.14. The lowest BCUT2D eigenvalue weighted by Gasteiger charge is -2.32. The van der Waals surface area contributed by atoms with Gasteiger partial charge in [-0.05, 0) is 43.8 Å². The summed E-state index contributed by atoms with van der Waals surface area (Å²) >= 11 is 0. The Bertz CT molecular complexity index is 1190. The highest BCUT2D eigenvalue weighted by molar-refractivity contribution is 5.95. The van der Waals surface area contributed by atoms with E-state index in [0.717, 1.165) is 54.8 Å². The topological polar surface area (TPSA) is 87.4 Å². The first-order chi connectivity index (χ1) is 15.5. The van der Waals surface area contributed by atoms with Gasteiger partial charge >= 0.3 is 0 Å². The van der Waals surface area contributed by atoms with Crippen LogP contribution in [0.3, 0.4) is 0 Å². The number of hydrogen-bond acceptors (Lipinski definition) is 6. The zero-order valence-electron chi connectivity index (χ0n) is 18.6. The Morgan fingerprint density at radius 2 is 1.91 bits per heavy atom. The molecule has 2 aromatic heterocycles. The van der Waals surface area contributed by atoms with Crippen LogP contribution in [0.2, 0.25) is 0 Å². The number of aromatic nitrogens is 2. The van der Waals surface area contributed by atoms with Crippen LogP contribution in [0, 0.1) is 18.8 Å². The van der Waals surface area contributed by atoms with Gasteiger partial charge < -0.3 is 16.0 Å². The molecular weight excluding hydrogens is 400 g/mol. The molecule has 0 atom stereocenters. The average molecular weight is 429 g/mol. The Morgan fingerprint density at radius 1 is 1.12 bits per heavy atom. The van der Waals surface area contributed by atoms with Gasteiger partial charge in [0.15, 0.2) is 0 Å². The summed E-state index contributed by atoms with van der Waals surface area (Å²) in [5, 5.41) is 3.90. The van der Waals surface area contributed by atoms with E-state index in [1.165, 1.54) is 0 Å². The maximum Gasteiger partial charge on any atom is 0.251 e. The number of rotatable bonds is 4. The minimum atomic E-state index is -0.0778. The first-order valence-electron chi connectivity index (χ1n) is 10.8. The van der Waals surface area contributed by atoms with Crippen LogP contribution in [0.4, 0.5) is 5.82 Å². The van der Waals surface area contributed by atoms with Crippen LogP contribution in [-0.2, 0) is 0 Å². The first-order valence-corrected chi connectivity index (χ1v) is 10.8. The number of nitrogens with two attached hydrogens (primary N) is 1. The molecule has 3 N–H and O–H groups in total. The molecule has 7 heteroatoms. The number of benzene rings is 1. The number of likely N-dealkylation sites (N-methyl/N-ethyl adjacent to an activating group) is 1. The number of hydrogen-bond donors (Lipinski definition) is 2. The van der Waals surface area contributed by atoms with Crippen LogP contribution in [0.15, 0.2) is 42.7 Å². The number of aryl methyl sites for hydroxylation is 1. The molecule has 1 aliphatic heterocycles. The zero-order chi connectivity index (χ0) is 22.5. The van der Waals surface area contributed by atoms with Crippen LogP contribution >= 0.6 is 0 Å². The van der Waals surface area contributed by atoms with E-state index in [0.29, 0.717) is 23.4 Å². The van der Waals surface area contributed by atoms with E-state index >= 15 is 0 Å². The van der Waals surface area contributed by atoms with Gasteiger partial charge in [0.05, 0.1) is 5.56 Å². The Morgan fingerprint density at radius 3 is 2.72 bits per heavy atom. The third kappa shape index (κ3) is 5.05. The van der Waals surface area contributed by atoms with Gasteiger partial charge in [-0.15, -0.1) is 0 Å². The van der Waals surface area contributed by atoms with E-state index in [1.54, 1.807) is 12.4 Å². The summed E-state index contributed by atoms with van der Waals surface area (Å²) in [5.74, 6) is 6.68. The van der Waals surface area contributed by atoms with E-state index in [1.807, 2.05) is 37.3 Å². The third-order valence-electron chi connectivity index (χ3n) is 5.81.